The number of halogens is 1. The van der Waals surface area contributed by atoms with Crippen molar-refractivity contribution in [1.82, 2.24) is 5.32 Å². The van der Waals surface area contributed by atoms with Gasteiger partial charge in [0.25, 0.3) is 0 Å². The van der Waals surface area contributed by atoms with Crippen LogP contribution in [0.1, 0.15) is 11.5 Å². The molecular weight excluding hydrogens is 320 g/mol. The second kappa shape index (κ2) is 8.36. The Kier molecular flexibility index (Phi) is 6.19. The Hall–Kier alpha value is -2.31. The summed E-state index contributed by atoms with van der Waals surface area (Å²) in [5.41, 5.74) is 0.612. The Morgan fingerprint density at radius 3 is 2.43 bits per heavy atom. The monoisotopic (exact) mass is 336 g/mol. The van der Waals surface area contributed by atoms with Gasteiger partial charge in [0.2, 0.25) is 11.8 Å². The van der Waals surface area contributed by atoms with Gasteiger partial charge in [-0.15, -0.1) is 0 Å². The highest BCUT2D eigenvalue weighted by Gasteiger charge is 2.07. The van der Waals surface area contributed by atoms with Crippen LogP contribution in [0.2, 0.25) is 5.02 Å². The van der Waals surface area contributed by atoms with Gasteiger partial charge in [0.1, 0.15) is 24.7 Å². The molecule has 1 aromatic carbocycles. The Morgan fingerprint density at radius 1 is 1.09 bits per heavy atom. The minimum absolute atomic E-state index is 0.201. The molecule has 0 atom stereocenters. The third-order valence-electron chi connectivity index (χ3n) is 2.85. The summed E-state index contributed by atoms with van der Waals surface area (Å²) in [6, 6.07) is 10.3. The largest absolute Gasteiger partial charge is 0.465 e. The molecule has 2 aromatic rings. The maximum Gasteiger partial charge on any atom is 0.250 e. The highest BCUT2D eigenvalue weighted by atomic mass is 35.5. The molecule has 7 heteroatoms. The lowest BCUT2D eigenvalue weighted by Crippen LogP contribution is -2.29. The maximum absolute atomic E-state index is 11.6. The predicted molar refractivity (Wildman–Crippen MR) is 86.2 cm³/mol. The van der Waals surface area contributed by atoms with E-state index in [1.165, 1.54) is 0 Å². The van der Waals surface area contributed by atoms with Gasteiger partial charge < -0.3 is 19.8 Å². The van der Waals surface area contributed by atoms with E-state index in [9.17, 15) is 9.59 Å². The summed E-state index contributed by atoms with van der Waals surface area (Å²) in [4.78, 5) is 23.2. The predicted octanol–water partition coefficient (Wildman–Crippen LogP) is 2.51. The smallest absolute Gasteiger partial charge is 0.250 e. The Morgan fingerprint density at radius 2 is 1.78 bits per heavy atom. The molecule has 1 heterocycles. The van der Waals surface area contributed by atoms with Crippen LogP contribution in [0.15, 0.2) is 40.8 Å². The molecule has 0 spiro atoms. The van der Waals surface area contributed by atoms with Crippen LogP contribution in [0.4, 0.5) is 5.69 Å². The summed E-state index contributed by atoms with van der Waals surface area (Å²) in [6.07, 6.45) is 0. The first-order valence-corrected chi connectivity index (χ1v) is 7.36. The molecule has 0 aliphatic rings. The molecule has 2 N–H and O–H groups in total. The number of hydrogen-bond donors (Lipinski definition) is 2. The Balaban J connectivity index is 1.62. The molecule has 2 rings (SSSR count). The van der Waals surface area contributed by atoms with Crippen molar-refractivity contribution in [2.45, 2.75) is 13.5 Å². The standard InChI is InChI=1S/C16H17ClN2O4/c1-11-2-7-14(23-11)8-18-15(20)9-22-10-16(21)19-13-5-3-12(17)4-6-13/h2-7H,8-10H2,1H3,(H,18,20)(H,19,21). The number of amides is 2. The molecule has 6 nitrogen and oxygen atoms in total. The number of furan rings is 1. The van der Waals surface area contributed by atoms with E-state index in [0.717, 1.165) is 5.76 Å². The van der Waals surface area contributed by atoms with Crippen molar-refractivity contribution < 1.29 is 18.7 Å². The van der Waals surface area contributed by atoms with Crippen LogP contribution in [-0.2, 0) is 20.9 Å². The fourth-order valence-electron chi connectivity index (χ4n) is 1.78. The number of carbonyl (C=O) groups excluding carboxylic acids is 2. The van der Waals surface area contributed by atoms with E-state index in [2.05, 4.69) is 10.6 Å². The van der Waals surface area contributed by atoms with Gasteiger partial charge in [-0.05, 0) is 43.3 Å². The number of ether oxygens (including phenoxy) is 1. The molecule has 0 aliphatic heterocycles. The van der Waals surface area contributed by atoms with Crippen LogP contribution in [0, 0.1) is 6.92 Å². The molecule has 122 valence electrons. The Labute approximate surface area is 138 Å². The topological polar surface area (TPSA) is 80.6 Å². The average Bonchev–Trinajstić information content (AvgIpc) is 2.93. The lowest BCUT2D eigenvalue weighted by molar-refractivity contribution is -0.128. The summed E-state index contributed by atoms with van der Waals surface area (Å²) in [6.45, 7) is 1.70. The number of benzene rings is 1. The van der Waals surface area contributed by atoms with Gasteiger partial charge in [-0.25, -0.2) is 0 Å². The SMILES string of the molecule is Cc1ccc(CNC(=O)COCC(=O)Nc2ccc(Cl)cc2)o1. The van der Waals surface area contributed by atoms with Crippen LogP contribution in [0.25, 0.3) is 0 Å². The fraction of sp³-hybridized carbons (Fsp3) is 0.250. The molecule has 0 bridgehead atoms. The molecule has 0 aliphatic carbocycles. The quantitative estimate of drug-likeness (QED) is 0.814. The number of nitrogens with one attached hydrogen (secondary N) is 2. The van der Waals surface area contributed by atoms with Crippen LogP contribution >= 0.6 is 11.6 Å². The van der Waals surface area contributed by atoms with Crippen LogP contribution in [0.3, 0.4) is 0 Å². The van der Waals surface area contributed by atoms with Crippen LogP contribution in [-0.4, -0.2) is 25.0 Å². The molecular formula is C16H17ClN2O4. The van der Waals surface area contributed by atoms with Gasteiger partial charge in [-0.3, -0.25) is 9.59 Å². The number of anilines is 1. The summed E-state index contributed by atoms with van der Waals surface area (Å²) in [5, 5.41) is 5.86. The highest BCUT2D eigenvalue weighted by molar-refractivity contribution is 6.30. The van der Waals surface area contributed by atoms with Crippen molar-refractivity contribution >= 4 is 29.1 Å². The summed E-state index contributed by atoms with van der Waals surface area (Å²) in [7, 11) is 0. The molecule has 0 unspecified atom stereocenters. The van der Waals surface area contributed by atoms with Crippen molar-refractivity contribution in [2.75, 3.05) is 18.5 Å². The van der Waals surface area contributed by atoms with Crippen LogP contribution < -0.4 is 10.6 Å². The summed E-state index contributed by atoms with van der Waals surface area (Å²) in [5.74, 6) is 0.779. The van der Waals surface area contributed by atoms with Gasteiger partial charge >= 0.3 is 0 Å². The zero-order chi connectivity index (χ0) is 16.7. The second-order valence-electron chi connectivity index (χ2n) is 4.84. The van der Waals surface area contributed by atoms with Crippen LogP contribution in [0.5, 0.6) is 0 Å². The van der Waals surface area contributed by atoms with E-state index < -0.39 is 0 Å². The van der Waals surface area contributed by atoms with Gasteiger partial charge in [0.15, 0.2) is 0 Å². The Bertz CT molecular complexity index is 667. The van der Waals surface area contributed by atoms with E-state index in [-0.39, 0.29) is 31.6 Å². The van der Waals surface area contributed by atoms with Gasteiger partial charge in [-0.1, -0.05) is 11.6 Å². The zero-order valence-electron chi connectivity index (χ0n) is 12.6. The van der Waals surface area contributed by atoms with Crippen molar-refractivity contribution in [2.24, 2.45) is 0 Å². The van der Waals surface area contributed by atoms with Gasteiger partial charge in [0, 0.05) is 10.7 Å². The van der Waals surface area contributed by atoms with E-state index in [1.807, 2.05) is 13.0 Å². The molecule has 0 fully saturated rings. The molecule has 1 aromatic heterocycles. The van der Waals surface area contributed by atoms with E-state index in [0.29, 0.717) is 16.5 Å². The first-order chi connectivity index (χ1) is 11.0. The summed E-state index contributed by atoms with van der Waals surface area (Å²) >= 11 is 5.75. The minimum Gasteiger partial charge on any atom is -0.465 e. The number of rotatable bonds is 7. The molecule has 0 radical (unpaired) electrons. The summed E-state index contributed by atoms with van der Waals surface area (Å²) < 4.78 is 10.4. The van der Waals surface area contributed by atoms with E-state index in [1.54, 1.807) is 30.3 Å². The highest BCUT2D eigenvalue weighted by Crippen LogP contribution is 2.13. The van der Waals surface area contributed by atoms with Crippen molar-refractivity contribution in [1.29, 1.82) is 0 Å². The normalized spacial score (nSPS) is 10.3. The molecule has 0 saturated carbocycles. The van der Waals surface area contributed by atoms with Crippen molar-refractivity contribution in [3.8, 4) is 0 Å². The van der Waals surface area contributed by atoms with E-state index in [4.69, 9.17) is 20.8 Å². The fourth-order valence-corrected chi connectivity index (χ4v) is 1.91. The minimum atomic E-state index is -0.346. The lowest BCUT2D eigenvalue weighted by Gasteiger charge is -2.07. The second-order valence-corrected chi connectivity index (χ2v) is 5.27. The van der Waals surface area contributed by atoms with Crippen molar-refractivity contribution in [3.63, 3.8) is 0 Å². The van der Waals surface area contributed by atoms with Crippen molar-refractivity contribution in [3.05, 3.63) is 52.9 Å². The van der Waals surface area contributed by atoms with Gasteiger partial charge in [-0.2, -0.15) is 0 Å². The molecule has 0 saturated heterocycles. The maximum atomic E-state index is 11.6. The van der Waals surface area contributed by atoms with E-state index >= 15 is 0 Å². The third-order valence-corrected chi connectivity index (χ3v) is 3.10. The third kappa shape index (κ3) is 6.14. The first kappa shape index (κ1) is 17.1. The molecule has 23 heavy (non-hydrogen) atoms. The zero-order valence-corrected chi connectivity index (χ0v) is 13.4. The van der Waals surface area contributed by atoms with Gasteiger partial charge in [0.05, 0.1) is 6.54 Å². The average molecular weight is 337 g/mol. The molecule has 2 amide bonds. The number of carbonyl (C=O) groups is 2. The number of hydrogen-bond acceptors (Lipinski definition) is 4. The number of aryl methyl sites for hydroxylation is 1. The lowest BCUT2D eigenvalue weighted by atomic mass is 10.3. The first-order valence-electron chi connectivity index (χ1n) is 6.98.